The van der Waals surface area contributed by atoms with E-state index in [2.05, 4.69) is 16.2 Å². The zero-order chi connectivity index (χ0) is 11.1. The Kier molecular flexibility index (Phi) is 4.56. The van der Waals surface area contributed by atoms with Gasteiger partial charge in [0.2, 0.25) is 6.41 Å². The molecule has 0 atom stereocenters. The summed E-state index contributed by atoms with van der Waals surface area (Å²) >= 11 is 4.90. The van der Waals surface area contributed by atoms with Gasteiger partial charge in [0.1, 0.15) is 0 Å². The van der Waals surface area contributed by atoms with E-state index >= 15 is 0 Å². The number of hydrogen-bond acceptors (Lipinski definition) is 2. The van der Waals surface area contributed by atoms with Gasteiger partial charge < -0.3 is 5.32 Å². The van der Waals surface area contributed by atoms with Crippen LogP contribution in [-0.2, 0) is 11.3 Å². The van der Waals surface area contributed by atoms with E-state index in [-0.39, 0.29) is 0 Å². The Hall–Kier alpha value is -1.62. The van der Waals surface area contributed by atoms with Crippen LogP contribution in [0.2, 0.25) is 0 Å². The van der Waals surface area contributed by atoms with Crippen molar-refractivity contribution in [2.75, 3.05) is 0 Å². The maximum absolute atomic E-state index is 9.96. The molecular formula is C10H13N3OS. The zero-order valence-corrected chi connectivity index (χ0v) is 9.23. The van der Waals surface area contributed by atoms with E-state index in [9.17, 15) is 4.79 Å². The van der Waals surface area contributed by atoms with Crippen LogP contribution in [0.3, 0.4) is 0 Å². The van der Waals surface area contributed by atoms with Crippen LogP contribution in [0.15, 0.2) is 24.3 Å². The minimum atomic E-state index is 0.391. The van der Waals surface area contributed by atoms with E-state index in [1.165, 1.54) is 5.56 Å². The lowest BCUT2D eigenvalue weighted by Gasteiger charge is -2.08. The molecule has 4 nitrogen and oxygen atoms in total. The average molecular weight is 223 g/mol. The minimum absolute atomic E-state index is 0.391. The summed E-state index contributed by atoms with van der Waals surface area (Å²) in [6, 6.07) is 8.13. The maximum atomic E-state index is 9.96. The highest BCUT2D eigenvalue weighted by Crippen LogP contribution is 2.01. The first-order valence-electron chi connectivity index (χ1n) is 4.51. The molecule has 0 spiro atoms. The van der Waals surface area contributed by atoms with Crippen LogP contribution in [0, 0.1) is 6.92 Å². The predicted molar refractivity (Wildman–Crippen MR) is 63.0 cm³/mol. The number of thiocarbonyl (C=S) groups is 1. The van der Waals surface area contributed by atoms with Crippen LogP contribution >= 0.6 is 12.2 Å². The van der Waals surface area contributed by atoms with Gasteiger partial charge >= 0.3 is 0 Å². The Balaban J connectivity index is 2.33. The lowest BCUT2D eigenvalue weighted by molar-refractivity contribution is -0.110. The summed E-state index contributed by atoms with van der Waals surface area (Å²) in [7, 11) is 0. The Morgan fingerprint density at radius 1 is 1.40 bits per heavy atom. The van der Waals surface area contributed by atoms with E-state index < -0.39 is 0 Å². The van der Waals surface area contributed by atoms with Crippen molar-refractivity contribution >= 4 is 23.7 Å². The summed E-state index contributed by atoms with van der Waals surface area (Å²) in [5.41, 5.74) is 7.13. The van der Waals surface area contributed by atoms with Gasteiger partial charge in [-0.2, -0.15) is 0 Å². The molecule has 5 heteroatoms. The second-order valence-electron chi connectivity index (χ2n) is 3.06. The molecule has 0 fully saturated rings. The molecule has 0 aliphatic rings. The van der Waals surface area contributed by atoms with Gasteiger partial charge in [-0.1, -0.05) is 29.8 Å². The number of benzene rings is 1. The van der Waals surface area contributed by atoms with Crippen LogP contribution in [0.5, 0.6) is 0 Å². The minimum Gasteiger partial charge on any atom is -0.357 e. The van der Waals surface area contributed by atoms with Crippen molar-refractivity contribution in [3.63, 3.8) is 0 Å². The third kappa shape index (κ3) is 4.42. The van der Waals surface area contributed by atoms with Gasteiger partial charge in [0.15, 0.2) is 5.11 Å². The molecule has 1 rings (SSSR count). The second kappa shape index (κ2) is 5.98. The lowest BCUT2D eigenvalue weighted by Crippen LogP contribution is -2.42. The molecule has 1 aromatic carbocycles. The number of nitrogens with one attached hydrogen (secondary N) is 3. The molecule has 0 aliphatic carbocycles. The molecule has 0 aromatic heterocycles. The van der Waals surface area contributed by atoms with Crippen molar-refractivity contribution in [3.05, 3.63) is 35.4 Å². The number of hydrogen-bond donors (Lipinski definition) is 3. The van der Waals surface area contributed by atoms with Crippen LogP contribution in [0.1, 0.15) is 11.1 Å². The Labute approximate surface area is 94.0 Å². The summed E-state index contributed by atoms with van der Waals surface area (Å²) in [5, 5.41) is 3.34. The Morgan fingerprint density at radius 2 is 2.07 bits per heavy atom. The highest BCUT2D eigenvalue weighted by atomic mass is 32.1. The first kappa shape index (κ1) is 11.5. The van der Waals surface area contributed by atoms with Crippen molar-refractivity contribution in [2.24, 2.45) is 0 Å². The largest absolute Gasteiger partial charge is 0.357 e. The first-order valence-corrected chi connectivity index (χ1v) is 4.92. The molecule has 0 bridgehead atoms. The second-order valence-corrected chi connectivity index (χ2v) is 3.46. The molecule has 15 heavy (non-hydrogen) atoms. The van der Waals surface area contributed by atoms with Crippen molar-refractivity contribution in [3.8, 4) is 0 Å². The highest BCUT2D eigenvalue weighted by Gasteiger charge is 1.94. The zero-order valence-electron chi connectivity index (χ0n) is 8.41. The molecule has 0 aliphatic heterocycles. The molecule has 0 saturated carbocycles. The van der Waals surface area contributed by atoms with E-state index in [1.54, 1.807) is 0 Å². The maximum Gasteiger partial charge on any atom is 0.225 e. The van der Waals surface area contributed by atoms with E-state index in [0.717, 1.165) is 5.56 Å². The van der Waals surface area contributed by atoms with Gasteiger partial charge in [-0.05, 0) is 24.7 Å². The van der Waals surface area contributed by atoms with Crippen molar-refractivity contribution in [2.45, 2.75) is 13.5 Å². The van der Waals surface area contributed by atoms with Gasteiger partial charge in [-0.25, -0.2) is 0 Å². The molecule has 0 heterocycles. The first-order chi connectivity index (χ1) is 7.22. The number of amides is 1. The molecular weight excluding hydrogens is 210 g/mol. The van der Waals surface area contributed by atoms with Crippen LogP contribution in [0.25, 0.3) is 0 Å². The fourth-order valence-electron chi connectivity index (χ4n) is 1.03. The fourth-order valence-corrected chi connectivity index (χ4v) is 1.16. The number of carbonyl (C=O) groups is 1. The molecule has 80 valence electrons. The molecule has 1 aromatic rings. The SMILES string of the molecule is Cc1ccc(CNC(=S)NNC=O)cc1. The topological polar surface area (TPSA) is 53.2 Å². The van der Waals surface area contributed by atoms with E-state index in [0.29, 0.717) is 18.1 Å². The summed E-state index contributed by atoms with van der Waals surface area (Å²) in [4.78, 5) is 9.96. The Morgan fingerprint density at radius 3 is 2.67 bits per heavy atom. The monoisotopic (exact) mass is 223 g/mol. The van der Waals surface area contributed by atoms with E-state index in [4.69, 9.17) is 12.2 Å². The van der Waals surface area contributed by atoms with Crippen molar-refractivity contribution in [1.29, 1.82) is 0 Å². The predicted octanol–water partition coefficient (Wildman–Crippen LogP) is 0.620. The molecule has 0 unspecified atom stereocenters. The number of hydrazine groups is 1. The molecule has 0 saturated heterocycles. The average Bonchev–Trinajstić information content (AvgIpc) is 2.25. The van der Waals surface area contributed by atoms with Gasteiger partial charge in [0.05, 0.1) is 0 Å². The summed E-state index contributed by atoms with van der Waals surface area (Å²) < 4.78 is 0. The van der Waals surface area contributed by atoms with Gasteiger partial charge in [0.25, 0.3) is 0 Å². The number of rotatable bonds is 4. The molecule has 1 amide bonds. The van der Waals surface area contributed by atoms with Gasteiger partial charge in [-0.15, -0.1) is 0 Å². The number of aryl methyl sites for hydroxylation is 1. The summed E-state index contributed by atoms with van der Waals surface area (Å²) in [6.07, 6.45) is 0.528. The normalized spacial score (nSPS) is 9.13. The van der Waals surface area contributed by atoms with Gasteiger partial charge in [-0.3, -0.25) is 15.6 Å². The van der Waals surface area contributed by atoms with Crippen LogP contribution < -0.4 is 16.2 Å². The highest BCUT2D eigenvalue weighted by molar-refractivity contribution is 7.80. The quantitative estimate of drug-likeness (QED) is 0.398. The standard InChI is InChI=1S/C10H13N3OS/c1-8-2-4-9(5-3-8)6-11-10(15)13-12-7-14/h2-5,7H,6H2,1H3,(H,12,14)(H2,11,13,15). The van der Waals surface area contributed by atoms with Crippen molar-refractivity contribution in [1.82, 2.24) is 16.2 Å². The summed E-state index contributed by atoms with van der Waals surface area (Å²) in [5.74, 6) is 0. The fraction of sp³-hybridized carbons (Fsp3) is 0.200. The molecule has 0 radical (unpaired) electrons. The Bertz CT molecular complexity index is 337. The lowest BCUT2D eigenvalue weighted by atomic mass is 10.1. The van der Waals surface area contributed by atoms with E-state index in [1.807, 2.05) is 31.2 Å². The van der Waals surface area contributed by atoms with Crippen LogP contribution in [0.4, 0.5) is 0 Å². The van der Waals surface area contributed by atoms with Crippen molar-refractivity contribution < 1.29 is 4.79 Å². The molecule has 3 N–H and O–H groups in total. The third-order valence-corrected chi connectivity index (χ3v) is 2.06. The smallest absolute Gasteiger partial charge is 0.225 e. The third-order valence-electron chi connectivity index (χ3n) is 1.82. The number of carbonyl (C=O) groups excluding carboxylic acids is 1. The van der Waals surface area contributed by atoms with Gasteiger partial charge in [0, 0.05) is 6.54 Å². The summed E-state index contributed by atoms with van der Waals surface area (Å²) in [6.45, 7) is 2.67. The van der Waals surface area contributed by atoms with Crippen LogP contribution in [-0.4, -0.2) is 11.5 Å².